The normalized spacial score (nSPS) is 12.0. The van der Waals surface area contributed by atoms with Crippen LogP contribution in [-0.4, -0.2) is 7.11 Å². The molecule has 0 aliphatic heterocycles. The third-order valence-electron chi connectivity index (χ3n) is 4.35. The van der Waals surface area contributed by atoms with Crippen LogP contribution in [0.1, 0.15) is 36.8 Å². The first-order valence-electron chi connectivity index (χ1n) is 8.06. The minimum Gasteiger partial charge on any atom is -0.495 e. The molecule has 2 heterocycles. The average Bonchev–Trinajstić information content (AvgIpc) is 3.03. The van der Waals surface area contributed by atoms with E-state index in [1.54, 1.807) is 25.4 Å². The topological polar surface area (TPSA) is 39.4 Å². The average molecular weight is 421 g/mol. The van der Waals surface area contributed by atoms with Crippen molar-refractivity contribution >= 4 is 38.2 Å². The van der Waals surface area contributed by atoms with E-state index in [-0.39, 0.29) is 11.0 Å². The Morgan fingerprint density at radius 2 is 1.84 bits per heavy atom. The predicted octanol–water partition coefficient (Wildman–Crippen LogP) is 6.21. The second-order valence-corrected chi connectivity index (χ2v) is 9.07. The molecule has 0 saturated carbocycles. The summed E-state index contributed by atoms with van der Waals surface area (Å²) in [5.41, 5.74) is 2.81. The molecule has 25 heavy (non-hydrogen) atoms. The van der Waals surface area contributed by atoms with Gasteiger partial charge in [0.05, 0.1) is 18.1 Å². The van der Waals surface area contributed by atoms with Gasteiger partial charge in [0.2, 0.25) is 0 Å². The Kier molecular flexibility index (Phi) is 4.58. The summed E-state index contributed by atoms with van der Waals surface area (Å²) >= 11 is 5.50. The van der Waals surface area contributed by atoms with Crippen molar-refractivity contribution in [2.45, 2.75) is 40.0 Å². The molecule has 0 bridgehead atoms. The minimum atomic E-state index is -0.362. The van der Waals surface area contributed by atoms with Crippen molar-refractivity contribution in [3.8, 4) is 16.2 Å². The number of methoxy groups -OCH3 is 1. The zero-order valence-corrected chi connectivity index (χ0v) is 17.6. The van der Waals surface area contributed by atoms with Gasteiger partial charge in [-0.3, -0.25) is 0 Å². The minimum absolute atomic E-state index is 0.105. The molecule has 5 heteroatoms. The number of aryl methyl sites for hydroxylation is 1. The first-order chi connectivity index (χ1) is 11.6. The van der Waals surface area contributed by atoms with E-state index in [2.05, 4.69) is 48.8 Å². The van der Waals surface area contributed by atoms with Gasteiger partial charge in [0.15, 0.2) is 0 Å². The molecule has 3 rings (SSSR count). The molecule has 0 aliphatic carbocycles. The summed E-state index contributed by atoms with van der Waals surface area (Å²) in [5, 5.41) is 0.836. The molecule has 0 saturated heterocycles. The van der Waals surface area contributed by atoms with Crippen molar-refractivity contribution in [3.05, 3.63) is 49.1 Å². The van der Waals surface area contributed by atoms with Crippen LogP contribution in [0, 0.1) is 13.8 Å². The maximum Gasteiger partial charge on any atom is 0.342 e. The van der Waals surface area contributed by atoms with Crippen molar-refractivity contribution in [3.63, 3.8) is 0 Å². The van der Waals surface area contributed by atoms with Crippen LogP contribution >= 0.6 is 27.3 Å². The highest BCUT2D eigenvalue weighted by molar-refractivity contribution is 9.10. The van der Waals surface area contributed by atoms with E-state index in [9.17, 15) is 4.79 Å². The molecule has 0 spiro atoms. The summed E-state index contributed by atoms with van der Waals surface area (Å²) in [6.07, 6.45) is 0. The fourth-order valence-electron chi connectivity index (χ4n) is 2.90. The van der Waals surface area contributed by atoms with Gasteiger partial charge in [-0.1, -0.05) is 20.8 Å². The standard InChI is InChI=1S/C20H21BrO3S/c1-10-16-13(24-19(22)11(2)18(16)23-6)9-12(17(10)21)14-7-8-15(25-14)20(3,4)5/h7-9H,1-6H3. The Labute approximate surface area is 159 Å². The fraction of sp³-hybridized carbons (Fsp3) is 0.350. The number of benzene rings is 1. The molecule has 0 amide bonds. The molecule has 2 aromatic heterocycles. The SMILES string of the molecule is COc1c(C)c(=O)oc2cc(-c3ccc(C(C)(C)C)s3)c(Br)c(C)c12. The molecule has 0 aliphatic rings. The summed E-state index contributed by atoms with van der Waals surface area (Å²) in [6, 6.07) is 6.21. The molecule has 0 unspecified atom stereocenters. The number of fused-ring (bicyclic) bond motifs is 1. The Morgan fingerprint density at radius 3 is 2.40 bits per heavy atom. The van der Waals surface area contributed by atoms with Crippen LogP contribution in [0.4, 0.5) is 0 Å². The number of ether oxygens (including phenoxy) is 1. The van der Waals surface area contributed by atoms with Gasteiger partial charge in [-0.25, -0.2) is 4.79 Å². The molecule has 0 N–H and O–H groups in total. The van der Waals surface area contributed by atoms with E-state index < -0.39 is 0 Å². The highest BCUT2D eigenvalue weighted by Gasteiger charge is 2.21. The lowest BCUT2D eigenvalue weighted by Gasteiger charge is -2.16. The largest absolute Gasteiger partial charge is 0.495 e. The first-order valence-corrected chi connectivity index (χ1v) is 9.67. The van der Waals surface area contributed by atoms with Gasteiger partial charge in [0.1, 0.15) is 11.3 Å². The van der Waals surface area contributed by atoms with Crippen LogP contribution in [0.25, 0.3) is 21.4 Å². The van der Waals surface area contributed by atoms with Crippen LogP contribution in [0.5, 0.6) is 5.75 Å². The Bertz CT molecular complexity index is 1020. The van der Waals surface area contributed by atoms with E-state index in [4.69, 9.17) is 9.15 Å². The molecular formula is C20H21BrO3S. The van der Waals surface area contributed by atoms with Crippen LogP contribution in [0.3, 0.4) is 0 Å². The summed E-state index contributed by atoms with van der Waals surface area (Å²) < 4.78 is 12.0. The van der Waals surface area contributed by atoms with Gasteiger partial charge in [0.25, 0.3) is 0 Å². The molecule has 132 valence electrons. The third kappa shape index (κ3) is 3.04. The smallest absolute Gasteiger partial charge is 0.342 e. The number of halogens is 1. The Hall–Kier alpha value is -1.59. The molecule has 0 atom stereocenters. The second kappa shape index (κ2) is 6.29. The summed E-state index contributed by atoms with van der Waals surface area (Å²) in [4.78, 5) is 14.6. The maximum absolute atomic E-state index is 12.1. The van der Waals surface area contributed by atoms with E-state index in [0.29, 0.717) is 16.9 Å². The molecule has 3 aromatic rings. The lowest BCUT2D eigenvalue weighted by atomic mass is 9.95. The molecule has 1 aromatic carbocycles. The second-order valence-electron chi connectivity index (χ2n) is 7.20. The van der Waals surface area contributed by atoms with Crippen molar-refractivity contribution in [1.82, 2.24) is 0 Å². The highest BCUT2D eigenvalue weighted by Crippen LogP contribution is 2.43. The van der Waals surface area contributed by atoms with Crippen LogP contribution in [0.15, 0.2) is 31.9 Å². The fourth-order valence-corrected chi connectivity index (χ4v) is 4.65. The zero-order chi connectivity index (χ0) is 18.5. The van der Waals surface area contributed by atoms with Gasteiger partial charge in [0, 0.05) is 19.8 Å². The van der Waals surface area contributed by atoms with Crippen molar-refractivity contribution in [1.29, 1.82) is 0 Å². The van der Waals surface area contributed by atoms with Crippen molar-refractivity contribution in [2.75, 3.05) is 7.11 Å². The Morgan fingerprint density at radius 1 is 1.16 bits per heavy atom. The molecule has 3 nitrogen and oxygen atoms in total. The van der Waals surface area contributed by atoms with E-state index in [0.717, 1.165) is 25.9 Å². The summed E-state index contributed by atoms with van der Waals surface area (Å²) in [6.45, 7) is 10.3. The van der Waals surface area contributed by atoms with E-state index >= 15 is 0 Å². The van der Waals surface area contributed by atoms with Gasteiger partial charge in [-0.05, 0) is 59.0 Å². The maximum atomic E-state index is 12.1. The lowest BCUT2D eigenvalue weighted by Crippen LogP contribution is -2.07. The quantitative estimate of drug-likeness (QED) is 0.462. The van der Waals surface area contributed by atoms with Crippen LogP contribution < -0.4 is 10.4 Å². The molecule has 0 fully saturated rings. The predicted molar refractivity (Wildman–Crippen MR) is 108 cm³/mol. The third-order valence-corrected chi connectivity index (χ3v) is 6.92. The van der Waals surface area contributed by atoms with Crippen LogP contribution in [0.2, 0.25) is 0 Å². The number of hydrogen-bond acceptors (Lipinski definition) is 4. The summed E-state index contributed by atoms with van der Waals surface area (Å²) in [7, 11) is 1.58. The number of thiophene rings is 1. The van der Waals surface area contributed by atoms with Gasteiger partial charge < -0.3 is 9.15 Å². The molecule has 0 radical (unpaired) electrons. The van der Waals surface area contributed by atoms with E-state index in [1.807, 2.05) is 13.0 Å². The lowest BCUT2D eigenvalue weighted by molar-refractivity contribution is 0.408. The monoisotopic (exact) mass is 420 g/mol. The van der Waals surface area contributed by atoms with Crippen molar-refractivity contribution < 1.29 is 9.15 Å². The zero-order valence-electron chi connectivity index (χ0n) is 15.2. The van der Waals surface area contributed by atoms with Crippen molar-refractivity contribution in [2.24, 2.45) is 0 Å². The van der Waals surface area contributed by atoms with Gasteiger partial charge in [-0.2, -0.15) is 0 Å². The molecular weight excluding hydrogens is 400 g/mol. The van der Waals surface area contributed by atoms with Crippen LogP contribution in [-0.2, 0) is 5.41 Å². The van der Waals surface area contributed by atoms with E-state index in [1.165, 1.54) is 4.88 Å². The Balaban J connectivity index is 2.32. The number of hydrogen-bond donors (Lipinski definition) is 0. The van der Waals surface area contributed by atoms with Gasteiger partial charge in [-0.15, -0.1) is 11.3 Å². The highest BCUT2D eigenvalue weighted by atomic mass is 79.9. The first kappa shape index (κ1) is 18.2. The van der Waals surface area contributed by atoms with Gasteiger partial charge >= 0.3 is 5.63 Å². The number of rotatable bonds is 2. The summed E-state index contributed by atoms with van der Waals surface area (Å²) in [5.74, 6) is 0.581.